The van der Waals surface area contributed by atoms with E-state index >= 15 is 14.4 Å². The van der Waals surface area contributed by atoms with E-state index in [2.05, 4.69) is 94.0 Å². The molecule has 0 aliphatic heterocycles. The molecule has 11 amide bonds. The molecule has 1 heterocycles. The fourth-order valence-corrected chi connectivity index (χ4v) is 12.5. The Morgan fingerprint density at radius 3 is 1.19 bits per heavy atom. The molecule has 115 heavy (non-hydrogen) atoms. The zero-order valence-electron chi connectivity index (χ0n) is 63.4. The van der Waals surface area contributed by atoms with Gasteiger partial charge in [-0.1, -0.05) is 121 Å². The Morgan fingerprint density at radius 1 is 0.426 bits per heavy atom. The van der Waals surface area contributed by atoms with E-state index in [4.69, 9.17) is 22.6 Å². The maximum Gasteiger partial charge on any atom is 0.327 e. The number of amides is 11. The van der Waals surface area contributed by atoms with Gasteiger partial charge in [-0.2, -0.15) is 25.3 Å². The number of fused-ring (bicyclic) bond motifs is 1. The lowest BCUT2D eigenvalue weighted by atomic mass is 10.00. The Labute approximate surface area is 674 Å². The van der Waals surface area contributed by atoms with E-state index in [1.54, 1.807) is 121 Å². The van der Waals surface area contributed by atoms with Crippen molar-refractivity contribution in [1.29, 1.82) is 5.41 Å². The van der Waals surface area contributed by atoms with Crippen LogP contribution in [-0.4, -0.2) is 223 Å². The van der Waals surface area contributed by atoms with Gasteiger partial charge in [0.25, 0.3) is 0 Å². The van der Waals surface area contributed by atoms with Gasteiger partial charge < -0.3 is 112 Å². The second-order valence-corrected chi connectivity index (χ2v) is 28.2. The largest absolute Gasteiger partial charge is 0.508 e. The van der Waals surface area contributed by atoms with Crippen LogP contribution in [0.4, 0.5) is 0 Å². The first kappa shape index (κ1) is 92.2. The number of hydrogen-bond acceptors (Lipinski definition) is 21. The van der Waals surface area contributed by atoms with E-state index in [-0.39, 0.29) is 94.1 Å². The molecule has 25 N–H and O–H groups in total. The molecule has 0 fully saturated rings. The lowest BCUT2D eigenvalue weighted by Gasteiger charge is -2.29. The summed E-state index contributed by atoms with van der Waals surface area (Å²) in [4.78, 5) is 187. The number of nitrogens with one attached hydrogen (secondary N) is 14. The molecule has 14 atom stereocenters. The molecule has 620 valence electrons. The summed E-state index contributed by atoms with van der Waals surface area (Å²) in [5, 5.41) is 90.8. The Hall–Kier alpha value is -11.6. The number of hydrogen-bond donors (Lipinski definition) is 24. The lowest BCUT2D eigenvalue weighted by molar-refractivity contribution is -0.142. The van der Waals surface area contributed by atoms with Crippen LogP contribution in [0.3, 0.4) is 0 Å². The summed E-state index contributed by atoms with van der Waals surface area (Å²) in [7, 11) is 0. The molecule has 6 aromatic rings. The number of phenolic OH excluding ortho intramolecular Hbond substituents is 1. The minimum Gasteiger partial charge on any atom is -0.508 e. The predicted octanol–water partition coefficient (Wildman–Crippen LogP) is -1.99. The number of carbonyl (C=O) groups is 13. The minimum atomic E-state index is -1.91. The van der Waals surface area contributed by atoms with E-state index < -0.39 is 174 Å². The van der Waals surface area contributed by atoms with Crippen LogP contribution in [0.2, 0.25) is 0 Å². The number of aliphatic hydroxyl groups is 2. The van der Waals surface area contributed by atoms with Crippen LogP contribution in [-0.2, 0) is 94.4 Å². The highest BCUT2D eigenvalue weighted by Crippen LogP contribution is 2.21. The molecule has 0 bridgehead atoms. The number of carbonyl (C=O) groups excluding carboxylic acids is 11. The van der Waals surface area contributed by atoms with Gasteiger partial charge in [-0.15, -0.1) is 0 Å². The van der Waals surface area contributed by atoms with Gasteiger partial charge in [0, 0.05) is 73.7 Å². The third-order valence-corrected chi connectivity index (χ3v) is 19.2. The number of rotatable bonds is 48. The van der Waals surface area contributed by atoms with E-state index in [0.29, 0.717) is 45.1 Å². The van der Waals surface area contributed by atoms with Crippen LogP contribution in [0.1, 0.15) is 86.6 Å². The second-order valence-electron chi connectivity index (χ2n) is 27.5. The maximum absolute atomic E-state index is 15.4. The number of aromatic hydroxyl groups is 1. The molecule has 6 rings (SSSR count). The first-order valence-electron chi connectivity index (χ1n) is 37.2. The van der Waals surface area contributed by atoms with Crippen molar-refractivity contribution in [2.45, 2.75) is 176 Å². The highest BCUT2D eigenvalue weighted by molar-refractivity contribution is 7.80. The van der Waals surface area contributed by atoms with E-state index in [9.17, 15) is 73.5 Å². The average molecular weight is 1630 g/mol. The Kier molecular flexibility index (Phi) is 37.8. The standard InChI is InChI=1S/C78H103N17O18S2/c1-43(96)64(75(110)92-60(37-47-21-10-5-11-22-47)74(109)95-65(44(2)97)76(111)91-59(38-48-27-29-50(98)30-28-48)72(107)93-62(42-115)77(112)113)94-69(104)54(25-14-15-33-79)86-73(108)61(39-49-40-84-53-24-13-12-23-51(49)53)90-71(106)58(36-46-19-8-4-9-20-46)89-70(105)57(35-45-17-6-3-7-18-45)88-68(103)56(31-32-63(99)100)87-67(102)55(26-16-34-83-78(81)82)85-66(101)52(80)41-114/h3-13,17-24,27-30,40,43-44,52,54-62,64-65,84,96-98,114-115H,14-16,25-26,31-39,41-42,79-80H2,1-2H3,(H,85,101)(H,86,108)(H,87,102)(H,88,103)(H,89,105)(H,90,106)(H,91,111)(H,92,110)(H,93,107)(H,94,104)(H,95,109)(H,99,100)(H,112,113)(H4,81,82,83)/t43?,44?,52-,54-,55-,56-,57-,58-,59+,60-,61+,62-,64-,65-/m0/s1. The van der Waals surface area contributed by atoms with Gasteiger partial charge in [-0.25, -0.2) is 4.79 Å². The highest BCUT2D eigenvalue weighted by atomic mass is 32.1. The van der Waals surface area contributed by atoms with Crippen molar-refractivity contribution in [3.8, 4) is 5.75 Å². The first-order valence-corrected chi connectivity index (χ1v) is 38.5. The van der Waals surface area contributed by atoms with Crippen LogP contribution >= 0.6 is 25.3 Å². The van der Waals surface area contributed by atoms with Crippen molar-refractivity contribution in [1.82, 2.24) is 68.8 Å². The normalized spacial score (nSPS) is 14.8. The number of carboxylic acid groups (broad SMARTS) is 2. The molecule has 0 aliphatic carbocycles. The number of unbranched alkanes of at least 4 members (excludes halogenated alkanes) is 1. The Bertz CT molecular complexity index is 4260. The van der Waals surface area contributed by atoms with Crippen molar-refractivity contribution < 1.29 is 87.9 Å². The van der Waals surface area contributed by atoms with Gasteiger partial charge >= 0.3 is 11.9 Å². The van der Waals surface area contributed by atoms with Gasteiger partial charge in [0.05, 0.1) is 18.2 Å². The van der Waals surface area contributed by atoms with Crippen molar-refractivity contribution in [3.05, 3.63) is 174 Å². The molecule has 37 heteroatoms. The first-order chi connectivity index (χ1) is 54.9. The van der Waals surface area contributed by atoms with Gasteiger partial charge in [0.2, 0.25) is 65.0 Å². The second kappa shape index (κ2) is 47.1. The number of aromatic nitrogens is 1. The smallest absolute Gasteiger partial charge is 0.327 e. The summed E-state index contributed by atoms with van der Waals surface area (Å²) >= 11 is 8.09. The van der Waals surface area contributed by atoms with Crippen LogP contribution in [0.5, 0.6) is 5.75 Å². The number of guanidine groups is 1. The average Bonchev–Trinajstić information content (AvgIpc) is 1.67. The summed E-state index contributed by atoms with van der Waals surface area (Å²) < 4.78 is 0. The lowest BCUT2D eigenvalue weighted by Crippen LogP contribution is -2.63. The van der Waals surface area contributed by atoms with E-state index in [1.165, 1.54) is 24.3 Å². The number of carboxylic acids is 2. The minimum absolute atomic E-state index is 0.0853. The van der Waals surface area contributed by atoms with Crippen LogP contribution in [0.25, 0.3) is 10.9 Å². The summed E-state index contributed by atoms with van der Waals surface area (Å²) in [5.41, 5.74) is 20.3. The monoisotopic (exact) mass is 1630 g/mol. The van der Waals surface area contributed by atoms with Crippen molar-refractivity contribution in [2.24, 2.45) is 17.2 Å². The van der Waals surface area contributed by atoms with Gasteiger partial charge in [-0.3, -0.25) is 62.9 Å². The molecular weight excluding hydrogens is 1530 g/mol. The Balaban J connectivity index is 1.30. The molecule has 35 nitrogen and oxygen atoms in total. The number of phenols is 1. The maximum atomic E-state index is 15.4. The summed E-state index contributed by atoms with van der Waals surface area (Å²) in [6.45, 7) is 2.53. The Morgan fingerprint density at radius 2 is 0.783 bits per heavy atom. The predicted molar refractivity (Wildman–Crippen MR) is 431 cm³/mol. The zero-order chi connectivity index (χ0) is 84.3. The summed E-state index contributed by atoms with van der Waals surface area (Å²) in [6, 6.07) is 18.4. The molecule has 1 aromatic heterocycles. The number of para-hydroxylation sites is 1. The van der Waals surface area contributed by atoms with Gasteiger partial charge in [0.1, 0.15) is 72.2 Å². The number of H-pyrrole nitrogens is 1. The van der Waals surface area contributed by atoms with Crippen LogP contribution in [0.15, 0.2) is 146 Å². The van der Waals surface area contributed by atoms with E-state index in [1.807, 2.05) is 0 Å². The van der Waals surface area contributed by atoms with Gasteiger partial charge in [-0.05, 0) is 105 Å². The number of aliphatic carboxylic acids is 2. The third-order valence-electron chi connectivity index (χ3n) is 18.4. The molecule has 0 radical (unpaired) electrons. The fraction of sp³-hybridized carbons (Fsp3) is 0.410. The number of aliphatic hydroxyl groups excluding tert-OH is 2. The van der Waals surface area contributed by atoms with Crippen LogP contribution < -0.4 is 81.0 Å². The summed E-state index contributed by atoms with van der Waals surface area (Å²) in [6.07, 6.45) is -3.98. The molecule has 0 saturated heterocycles. The molecular formula is C78H103N17O18S2. The number of aromatic amines is 1. The summed E-state index contributed by atoms with van der Waals surface area (Å²) in [5.74, 6) is -14.8. The molecule has 2 unspecified atom stereocenters. The third kappa shape index (κ3) is 30.7. The zero-order valence-corrected chi connectivity index (χ0v) is 65.2. The number of benzene rings is 5. The highest BCUT2D eigenvalue weighted by Gasteiger charge is 2.39. The van der Waals surface area contributed by atoms with Crippen molar-refractivity contribution in [3.63, 3.8) is 0 Å². The van der Waals surface area contributed by atoms with Crippen molar-refractivity contribution >= 4 is 119 Å². The van der Waals surface area contributed by atoms with Crippen LogP contribution in [0, 0.1) is 5.41 Å². The number of thiol groups is 2. The number of nitrogens with two attached hydrogens (primary N) is 3. The molecule has 0 saturated carbocycles. The topological polar surface area (TPSA) is 585 Å². The van der Waals surface area contributed by atoms with Gasteiger partial charge in [0.15, 0.2) is 5.96 Å². The van der Waals surface area contributed by atoms with E-state index in [0.717, 1.165) is 13.8 Å². The van der Waals surface area contributed by atoms with Crippen molar-refractivity contribution in [2.75, 3.05) is 24.6 Å². The fourth-order valence-electron chi connectivity index (χ4n) is 12.1. The quantitative estimate of drug-likeness (QED) is 0.00851. The molecule has 0 aliphatic rings. The molecule has 0 spiro atoms. The molecule has 5 aromatic carbocycles. The SMILES string of the molecule is CC(O)[C@H](NC(=O)[C@H](CCCCN)NC(=O)[C@@H](Cc1c[nH]c2ccccc12)NC(=O)[C@H](Cc1ccccc1)NC(=O)[C@H](Cc1ccccc1)NC(=O)[C@H](CCC(=O)O)NC(=O)[C@H](CCCNC(=N)N)NC(=O)[C@@H](N)CS)C(=O)N[C@@H](Cc1ccccc1)C(=O)N[C@H](C(=O)N[C@H](Cc1ccc(O)cc1)C(=O)N[C@@H](CS)C(=O)O)C(C)O.